The average molecular weight is 404 g/mol. The number of fused-ring (bicyclic) bond motifs is 1. The van der Waals surface area contributed by atoms with E-state index in [2.05, 4.69) is 5.32 Å². The van der Waals surface area contributed by atoms with Crippen molar-refractivity contribution in [1.29, 1.82) is 0 Å². The first-order chi connectivity index (χ1) is 13.1. The third-order valence-corrected chi connectivity index (χ3v) is 5.53. The van der Waals surface area contributed by atoms with E-state index in [1.54, 1.807) is 18.2 Å². The predicted octanol–water partition coefficient (Wildman–Crippen LogP) is 5.23. The van der Waals surface area contributed by atoms with Crippen LogP contribution in [0.1, 0.15) is 4.88 Å². The fourth-order valence-electron chi connectivity index (χ4n) is 2.63. The smallest absolute Gasteiger partial charge is 0.248 e. The highest BCUT2D eigenvalue weighted by Crippen LogP contribution is 2.40. The number of ether oxygens (including phenoxy) is 3. The zero-order chi connectivity index (χ0) is 19.4. The van der Waals surface area contributed by atoms with Gasteiger partial charge in [-0.3, -0.25) is 4.79 Å². The van der Waals surface area contributed by atoms with E-state index in [0.717, 1.165) is 15.0 Å². The van der Waals surface area contributed by atoms with Crippen LogP contribution in [0.15, 0.2) is 42.5 Å². The standard InChI is InChI=1S/C20H18ClNO4S/c1-24-14-10-12(11-15(25-2)20(14)26-3)22-18(23)9-8-17-19(21)13-6-4-5-7-16(13)27-17/h4-11H,1-3H3,(H,22,23)/b9-8+. The fourth-order valence-corrected chi connectivity index (χ4v) is 4.03. The lowest BCUT2D eigenvalue weighted by Crippen LogP contribution is -2.08. The molecule has 0 radical (unpaired) electrons. The van der Waals surface area contributed by atoms with Crippen LogP contribution in [0.5, 0.6) is 17.2 Å². The summed E-state index contributed by atoms with van der Waals surface area (Å²) >= 11 is 7.93. The third-order valence-electron chi connectivity index (χ3n) is 3.88. The van der Waals surface area contributed by atoms with Crippen LogP contribution < -0.4 is 19.5 Å². The molecule has 5 nitrogen and oxygen atoms in total. The first-order valence-electron chi connectivity index (χ1n) is 8.03. The molecule has 0 spiro atoms. The molecule has 0 aliphatic rings. The number of methoxy groups -OCH3 is 3. The van der Waals surface area contributed by atoms with Crippen LogP contribution in [0.2, 0.25) is 5.02 Å². The van der Waals surface area contributed by atoms with Crippen molar-refractivity contribution >= 4 is 50.7 Å². The van der Waals surface area contributed by atoms with Crippen molar-refractivity contribution in [2.75, 3.05) is 26.6 Å². The van der Waals surface area contributed by atoms with Crippen LogP contribution in [0.4, 0.5) is 5.69 Å². The van der Waals surface area contributed by atoms with Gasteiger partial charge in [0.2, 0.25) is 11.7 Å². The molecule has 3 aromatic rings. The second-order valence-electron chi connectivity index (χ2n) is 5.51. The minimum absolute atomic E-state index is 0.294. The number of amides is 1. The van der Waals surface area contributed by atoms with Gasteiger partial charge in [0.1, 0.15) is 0 Å². The highest BCUT2D eigenvalue weighted by Gasteiger charge is 2.14. The Morgan fingerprint density at radius 1 is 1.07 bits per heavy atom. The first-order valence-corrected chi connectivity index (χ1v) is 9.23. The molecular formula is C20H18ClNO4S. The van der Waals surface area contributed by atoms with E-state index in [4.69, 9.17) is 25.8 Å². The summed E-state index contributed by atoms with van der Waals surface area (Å²) in [5.41, 5.74) is 0.529. The number of thiophene rings is 1. The zero-order valence-corrected chi connectivity index (χ0v) is 16.6. The van der Waals surface area contributed by atoms with E-state index in [1.807, 2.05) is 24.3 Å². The van der Waals surface area contributed by atoms with Crippen LogP contribution in [-0.4, -0.2) is 27.2 Å². The number of benzene rings is 2. The lowest BCUT2D eigenvalue weighted by Gasteiger charge is -2.14. The van der Waals surface area contributed by atoms with Gasteiger partial charge < -0.3 is 19.5 Å². The number of anilines is 1. The SMILES string of the molecule is COc1cc(NC(=O)/C=C/c2sc3ccccc3c2Cl)cc(OC)c1OC. The van der Waals surface area contributed by atoms with Gasteiger partial charge in [0.15, 0.2) is 11.5 Å². The van der Waals surface area contributed by atoms with Gasteiger partial charge in [-0.2, -0.15) is 0 Å². The van der Waals surface area contributed by atoms with E-state index >= 15 is 0 Å². The molecule has 0 saturated heterocycles. The van der Waals surface area contributed by atoms with Gasteiger partial charge in [0, 0.05) is 38.9 Å². The number of carbonyl (C=O) groups excluding carboxylic acids is 1. The summed E-state index contributed by atoms with van der Waals surface area (Å²) in [6.45, 7) is 0. The first kappa shape index (κ1) is 19.1. The number of rotatable bonds is 6. The summed E-state index contributed by atoms with van der Waals surface area (Å²) < 4.78 is 16.9. The molecule has 140 valence electrons. The molecule has 1 N–H and O–H groups in total. The Bertz CT molecular complexity index is 987. The number of halogens is 1. The lowest BCUT2D eigenvalue weighted by atomic mass is 10.2. The number of nitrogens with one attached hydrogen (secondary N) is 1. The second-order valence-corrected chi connectivity index (χ2v) is 6.97. The third kappa shape index (κ3) is 4.02. The second kappa shape index (κ2) is 8.33. The van der Waals surface area contributed by atoms with Crippen molar-refractivity contribution in [1.82, 2.24) is 0 Å². The maximum Gasteiger partial charge on any atom is 0.248 e. The van der Waals surface area contributed by atoms with Crippen LogP contribution in [0.3, 0.4) is 0 Å². The molecule has 0 aliphatic heterocycles. The van der Waals surface area contributed by atoms with Gasteiger partial charge in [-0.05, 0) is 12.1 Å². The van der Waals surface area contributed by atoms with Crippen molar-refractivity contribution < 1.29 is 19.0 Å². The molecule has 1 heterocycles. The van der Waals surface area contributed by atoms with Crippen molar-refractivity contribution in [3.05, 3.63) is 52.4 Å². The summed E-state index contributed by atoms with van der Waals surface area (Å²) in [5.74, 6) is 1.09. The lowest BCUT2D eigenvalue weighted by molar-refractivity contribution is -0.111. The number of hydrogen-bond acceptors (Lipinski definition) is 5. The van der Waals surface area contributed by atoms with Crippen molar-refractivity contribution in [2.45, 2.75) is 0 Å². The predicted molar refractivity (Wildman–Crippen MR) is 111 cm³/mol. The molecule has 0 saturated carbocycles. The molecule has 2 aromatic carbocycles. The molecule has 0 unspecified atom stereocenters. The number of carbonyl (C=O) groups is 1. The topological polar surface area (TPSA) is 56.8 Å². The Morgan fingerprint density at radius 3 is 2.33 bits per heavy atom. The fraction of sp³-hybridized carbons (Fsp3) is 0.150. The summed E-state index contributed by atoms with van der Waals surface area (Å²) in [6.07, 6.45) is 3.15. The van der Waals surface area contributed by atoms with E-state index in [0.29, 0.717) is 28.0 Å². The summed E-state index contributed by atoms with van der Waals surface area (Å²) in [5, 5.41) is 4.41. The average Bonchev–Trinajstić information content (AvgIpc) is 3.01. The molecule has 7 heteroatoms. The molecular weight excluding hydrogens is 386 g/mol. The summed E-state index contributed by atoms with van der Waals surface area (Å²) in [4.78, 5) is 13.1. The van der Waals surface area contributed by atoms with Gasteiger partial charge in [-0.25, -0.2) is 0 Å². The maximum atomic E-state index is 12.3. The molecule has 3 rings (SSSR count). The van der Waals surface area contributed by atoms with Crippen LogP contribution in [-0.2, 0) is 4.79 Å². The minimum Gasteiger partial charge on any atom is -0.493 e. The van der Waals surface area contributed by atoms with Crippen molar-refractivity contribution in [3.63, 3.8) is 0 Å². The van der Waals surface area contributed by atoms with E-state index in [9.17, 15) is 4.79 Å². The van der Waals surface area contributed by atoms with Gasteiger partial charge in [0.25, 0.3) is 0 Å². The summed E-state index contributed by atoms with van der Waals surface area (Å²) in [6, 6.07) is 11.2. The normalized spacial score (nSPS) is 11.0. The molecule has 0 fully saturated rings. The Morgan fingerprint density at radius 2 is 1.74 bits per heavy atom. The van der Waals surface area contributed by atoms with Crippen LogP contribution in [0, 0.1) is 0 Å². The molecule has 0 bridgehead atoms. The molecule has 0 atom stereocenters. The highest BCUT2D eigenvalue weighted by molar-refractivity contribution is 7.20. The summed E-state index contributed by atoms with van der Waals surface area (Å²) in [7, 11) is 4.56. The van der Waals surface area contributed by atoms with Gasteiger partial charge in [0.05, 0.1) is 26.4 Å². The minimum atomic E-state index is -0.294. The molecule has 0 aliphatic carbocycles. The van der Waals surface area contributed by atoms with Crippen LogP contribution in [0.25, 0.3) is 16.2 Å². The van der Waals surface area contributed by atoms with Gasteiger partial charge >= 0.3 is 0 Å². The zero-order valence-electron chi connectivity index (χ0n) is 15.0. The molecule has 27 heavy (non-hydrogen) atoms. The Balaban J connectivity index is 1.81. The molecule has 1 aromatic heterocycles. The quantitative estimate of drug-likeness (QED) is 0.572. The Kier molecular flexibility index (Phi) is 5.88. The number of hydrogen-bond donors (Lipinski definition) is 1. The van der Waals surface area contributed by atoms with E-state index in [-0.39, 0.29) is 5.91 Å². The highest BCUT2D eigenvalue weighted by atomic mass is 35.5. The van der Waals surface area contributed by atoms with E-state index in [1.165, 1.54) is 38.7 Å². The largest absolute Gasteiger partial charge is 0.493 e. The maximum absolute atomic E-state index is 12.3. The van der Waals surface area contributed by atoms with Gasteiger partial charge in [-0.15, -0.1) is 11.3 Å². The van der Waals surface area contributed by atoms with Crippen molar-refractivity contribution in [3.8, 4) is 17.2 Å². The van der Waals surface area contributed by atoms with Crippen molar-refractivity contribution in [2.24, 2.45) is 0 Å². The molecule has 1 amide bonds. The van der Waals surface area contributed by atoms with Crippen LogP contribution >= 0.6 is 22.9 Å². The monoisotopic (exact) mass is 403 g/mol. The van der Waals surface area contributed by atoms with Gasteiger partial charge in [-0.1, -0.05) is 29.8 Å². The van der Waals surface area contributed by atoms with E-state index < -0.39 is 0 Å². The Labute approximate surface area is 166 Å². The Hall–Kier alpha value is -2.70.